The number of hydrogen-bond acceptors (Lipinski definition) is 4. The molecule has 1 aromatic carbocycles. The van der Waals surface area contributed by atoms with Crippen LogP contribution in [0.15, 0.2) is 24.3 Å². The van der Waals surface area contributed by atoms with Crippen LogP contribution in [0.3, 0.4) is 0 Å². The van der Waals surface area contributed by atoms with Crippen molar-refractivity contribution in [2.45, 2.75) is 26.9 Å². The van der Waals surface area contributed by atoms with E-state index in [1.54, 1.807) is 13.8 Å². The van der Waals surface area contributed by atoms with Crippen molar-refractivity contribution in [1.82, 2.24) is 4.98 Å². The fraction of sp³-hybridized carbons (Fsp3) is 0.278. The Morgan fingerprint density at radius 2 is 1.81 bits per heavy atom. The number of esters is 1. The fourth-order valence-corrected chi connectivity index (χ4v) is 2.67. The smallest absolute Gasteiger partial charge is 0.416 e. The van der Waals surface area contributed by atoms with Gasteiger partial charge in [0.2, 0.25) is 5.78 Å². The summed E-state index contributed by atoms with van der Waals surface area (Å²) < 4.78 is 42.9. The molecular formula is C18H16F3NO4. The SMILES string of the molecule is CC(=O)c1c(C)[nH]c(C(=O)COC(=O)c2cccc(C(F)(F)F)c2)c1C. The average Bonchev–Trinajstić information content (AvgIpc) is 2.86. The van der Waals surface area contributed by atoms with Crippen LogP contribution in [0.4, 0.5) is 13.2 Å². The molecule has 2 rings (SSSR count). The lowest BCUT2D eigenvalue weighted by Gasteiger charge is -2.08. The molecule has 0 amide bonds. The standard InChI is InChI=1S/C18H16F3NO4/c1-9-15(11(3)23)10(2)22-16(9)14(24)8-26-17(25)12-5-4-6-13(7-12)18(19,20)21/h4-7,22H,8H2,1-3H3. The number of Topliss-reactive ketones (excluding diaryl/α,β-unsaturated/α-hetero) is 2. The second kappa shape index (κ2) is 7.15. The topological polar surface area (TPSA) is 76.2 Å². The van der Waals surface area contributed by atoms with E-state index in [1.165, 1.54) is 13.0 Å². The third-order valence-corrected chi connectivity index (χ3v) is 3.83. The van der Waals surface area contributed by atoms with Gasteiger partial charge in [0.25, 0.3) is 0 Å². The number of rotatable bonds is 5. The zero-order valence-electron chi connectivity index (χ0n) is 14.3. The number of nitrogens with one attached hydrogen (secondary N) is 1. The van der Waals surface area contributed by atoms with Gasteiger partial charge in [-0.15, -0.1) is 0 Å². The van der Waals surface area contributed by atoms with Crippen molar-refractivity contribution in [3.8, 4) is 0 Å². The first-order chi connectivity index (χ1) is 12.0. The van der Waals surface area contributed by atoms with Gasteiger partial charge >= 0.3 is 12.1 Å². The predicted octanol–water partition coefficient (Wildman–Crippen LogP) is 3.89. The van der Waals surface area contributed by atoms with E-state index in [4.69, 9.17) is 4.74 Å². The van der Waals surface area contributed by atoms with Crippen LogP contribution in [0.1, 0.15) is 54.9 Å². The second-order valence-electron chi connectivity index (χ2n) is 5.76. The summed E-state index contributed by atoms with van der Waals surface area (Å²) in [5.74, 6) is -1.84. The number of aromatic nitrogens is 1. The summed E-state index contributed by atoms with van der Waals surface area (Å²) in [5.41, 5.74) is 0.177. The molecule has 0 saturated carbocycles. The first-order valence-electron chi connectivity index (χ1n) is 7.60. The maximum absolute atomic E-state index is 12.7. The number of H-pyrrole nitrogens is 1. The Morgan fingerprint density at radius 1 is 1.15 bits per heavy atom. The van der Waals surface area contributed by atoms with Crippen molar-refractivity contribution in [2.75, 3.05) is 6.61 Å². The van der Waals surface area contributed by atoms with Crippen LogP contribution in [0, 0.1) is 13.8 Å². The van der Waals surface area contributed by atoms with Gasteiger partial charge in [0.15, 0.2) is 12.4 Å². The van der Waals surface area contributed by atoms with E-state index in [9.17, 15) is 27.6 Å². The van der Waals surface area contributed by atoms with Crippen LogP contribution in [0.25, 0.3) is 0 Å². The zero-order valence-corrected chi connectivity index (χ0v) is 14.3. The molecule has 1 N–H and O–H groups in total. The summed E-state index contributed by atoms with van der Waals surface area (Å²) in [6, 6.07) is 3.74. The number of hydrogen-bond donors (Lipinski definition) is 1. The average molecular weight is 367 g/mol. The molecule has 0 saturated heterocycles. The molecule has 0 spiro atoms. The Bertz CT molecular complexity index is 881. The Balaban J connectivity index is 2.12. The lowest BCUT2D eigenvalue weighted by molar-refractivity contribution is -0.137. The molecule has 0 aliphatic rings. The third kappa shape index (κ3) is 4.01. The molecule has 2 aromatic rings. The van der Waals surface area contributed by atoms with Crippen molar-refractivity contribution in [1.29, 1.82) is 0 Å². The number of aromatic amines is 1. The van der Waals surface area contributed by atoms with E-state index in [2.05, 4.69) is 4.98 Å². The summed E-state index contributed by atoms with van der Waals surface area (Å²) in [7, 11) is 0. The van der Waals surface area contributed by atoms with Crippen molar-refractivity contribution >= 4 is 17.5 Å². The van der Waals surface area contributed by atoms with Gasteiger partial charge in [-0.3, -0.25) is 9.59 Å². The van der Waals surface area contributed by atoms with Gasteiger partial charge in [0.05, 0.1) is 16.8 Å². The van der Waals surface area contributed by atoms with Crippen molar-refractivity contribution in [3.05, 3.63) is 57.9 Å². The first kappa shape index (κ1) is 19.4. The highest BCUT2D eigenvalue weighted by Gasteiger charge is 2.31. The highest BCUT2D eigenvalue weighted by Crippen LogP contribution is 2.29. The summed E-state index contributed by atoms with van der Waals surface area (Å²) in [6.45, 7) is 3.93. The molecule has 1 heterocycles. The normalized spacial score (nSPS) is 11.3. The lowest BCUT2D eigenvalue weighted by atomic mass is 10.1. The number of alkyl halides is 3. The number of carbonyl (C=O) groups is 3. The Kier molecular flexibility index (Phi) is 5.34. The van der Waals surface area contributed by atoms with Gasteiger partial charge in [-0.1, -0.05) is 6.07 Å². The molecule has 0 fully saturated rings. The Labute approximate surface area is 147 Å². The first-order valence-corrected chi connectivity index (χ1v) is 7.60. The van der Waals surface area contributed by atoms with Gasteiger partial charge in [0.1, 0.15) is 0 Å². The minimum absolute atomic E-state index is 0.129. The van der Waals surface area contributed by atoms with Gasteiger partial charge in [-0.05, 0) is 44.5 Å². The van der Waals surface area contributed by atoms with Crippen LogP contribution in [-0.4, -0.2) is 29.1 Å². The zero-order chi connectivity index (χ0) is 19.6. The molecule has 138 valence electrons. The minimum Gasteiger partial charge on any atom is -0.454 e. The largest absolute Gasteiger partial charge is 0.454 e. The lowest BCUT2D eigenvalue weighted by Crippen LogP contribution is -2.16. The predicted molar refractivity (Wildman–Crippen MR) is 86.3 cm³/mol. The van der Waals surface area contributed by atoms with E-state index in [0.29, 0.717) is 22.9 Å². The number of carbonyl (C=O) groups excluding carboxylic acids is 3. The van der Waals surface area contributed by atoms with E-state index in [0.717, 1.165) is 12.1 Å². The quantitative estimate of drug-likeness (QED) is 0.642. The molecule has 26 heavy (non-hydrogen) atoms. The third-order valence-electron chi connectivity index (χ3n) is 3.83. The number of aryl methyl sites for hydroxylation is 1. The van der Waals surface area contributed by atoms with Crippen molar-refractivity contribution in [2.24, 2.45) is 0 Å². The molecule has 0 aliphatic carbocycles. The van der Waals surface area contributed by atoms with Crippen LogP contribution < -0.4 is 0 Å². The van der Waals surface area contributed by atoms with Gasteiger partial charge < -0.3 is 9.72 Å². The Hall–Kier alpha value is -2.90. The summed E-state index contributed by atoms with van der Waals surface area (Å²) >= 11 is 0. The second-order valence-corrected chi connectivity index (χ2v) is 5.76. The van der Waals surface area contributed by atoms with Gasteiger partial charge in [-0.2, -0.15) is 13.2 Å². The van der Waals surface area contributed by atoms with Crippen LogP contribution in [0.2, 0.25) is 0 Å². The van der Waals surface area contributed by atoms with Gasteiger partial charge in [0, 0.05) is 11.3 Å². The highest BCUT2D eigenvalue weighted by molar-refractivity contribution is 6.04. The number of ketones is 2. The monoisotopic (exact) mass is 367 g/mol. The summed E-state index contributed by atoms with van der Waals surface area (Å²) in [4.78, 5) is 38.5. The molecule has 0 aliphatic heterocycles. The molecule has 0 unspecified atom stereocenters. The molecule has 0 bridgehead atoms. The molecule has 8 heteroatoms. The maximum Gasteiger partial charge on any atom is 0.416 e. The molecular weight excluding hydrogens is 351 g/mol. The highest BCUT2D eigenvalue weighted by atomic mass is 19.4. The van der Waals surface area contributed by atoms with Crippen molar-refractivity contribution < 1.29 is 32.3 Å². The maximum atomic E-state index is 12.7. The van der Waals surface area contributed by atoms with Crippen LogP contribution in [0.5, 0.6) is 0 Å². The van der Waals surface area contributed by atoms with E-state index < -0.39 is 30.1 Å². The Morgan fingerprint density at radius 3 is 2.35 bits per heavy atom. The van der Waals surface area contributed by atoms with Gasteiger partial charge in [-0.25, -0.2) is 4.79 Å². The van der Waals surface area contributed by atoms with Crippen LogP contribution >= 0.6 is 0 Å². The number of benzene rings is 1. The fourth-order valence-electron chi connectivity index (χ4n) is 2.67. The summed E-state index contributed by atoms with van der Waals surface area (Å²) in [5, 5.41) is 0. The van der Waals surface area contributed by atoms with E-state index >= 15 is 0 Å². The number of halogens is 3. The summed E-state index contributed by atoms with van der Waals surface area (Å²) in [6.07, 6.45) is -4.59. The molecule has 0 atom stereocenters. The van der Waals surface area contributed by atoms with Crippen molar-refractivity contribution in [3.63, 3.8) is 0 Å². The molecule has 0 radical (unpaired) electrons. The number of ether oxygens (including phenoxy) is 1. The van der Waals surface area contributed by atoms with E-state index in [1.807, 2.05) is 0 Å². The van der Waals surface area contributed by atoms with E-state index in [-0.39, 0.29) is 17.0 Å². The molecule has 1 aromatic heterocycles. The molecule has 5 nitrogen and oxygen atoms in total. The van der Waals surface area contributed by atoms with Crippen LogP contribution in [-0.2, 0) is 10.9 Å². The minimum atomic E-state index is -4.59.